The number of aromatic nitrogens is 3. The molecule has 7 nitrogen and oxygen atoms in total. The molecule has 0 aliphatic heterocycles. The highest BCUT2D eigenvalue weighted by molar-refractivity contribution is 7.89. The minimum Gasteiger partial charge on any atom is -0.439 e. The van der Waals surface area contributed by atoms with Crippen molar-refractivity contribution in [3.8, 4) is 11.3 Å². The predicted molar refractivity (Wildman–Crippen MR) is 103 cm³/mol. The fourth-order valence-electron chi connectivity index (χ4n) is 3.16. The van der Waals surface area contributed by atoms with Crippen LogP contribution in [0.4, 0.5) is 4.39 Å². The second kappa shape index (κ2) is 7.84. The Morgan fingerprint density at radius 1 is 1.14 bits per heavy atom. The highest BCUT2D eigenvalue weighted by Crippen LogP contribution is 2.25. The predicted octanol–water partition coefficient (Wildman–Crippen LogP) is 3.37. The van der Waals surface area contributed by atoms with Gasteiger partial charge in [-0.1, -0.05) is 13.8 Å². The molecule has 0 aliphatic carbocycles. The van der Waals surface area contributed by atoms with Gasteiger partial charge in [0.1, 0.15) is 17.3 Å². The number of oxazole rings is 1. The van der Waals surface area contributed by atoms with Gasteiger partial charge in [0.25, 0.3) is 0 Å². The Morgan fingerprint density at radius 2 is 1.79 bits per heavy atom. The van der Waals surface area contributed by atoms with Crippen LogP contribution in [0.5, 0.6) is 0 Å². The number of aryl methyl sites for hydroxylation is 1. The zero-order valence-corrected chi connectivity index (χ0v) is 17.1. The second-order valence-corrected chi connectivity index (χ2v) is 8.25. The molecule has 0 saturated heterocycles. The summed E-state index contributed by atoms with van der Waals surface area (Å²) in [6.07, 6.45) is 1.56. The number of hydrogen-bond donors (Lipinski definition) is 0. The van der Waals surface area contributed by atoms with Gasteiger partial charge in [-0.15, -0.1) is 0 Å². The van der Waals surface area contributed by atoms with Gasteiger partial charge in [-0.2, -0.15) is 9.40 Å². The highest BCUT2D eigenvalue weighted by atomic mass is 32.2. The van der Waals surface area contributed by atoms with Crippen molar-refractivity contribution in [3.63, 3.8) is 0 Å². The van der Waals surface area contributed by atoms with Crippen LogP contribution in [0.1, 0.15) is 31.1 Å². The maximum atomic E-state index is 13.1. The van der Waals surface area contributed by atoms with Crippen molar-refractivity contribution in [2.45, 2.75) is 39.1 Å². The summed E-state index contributed by atoms with van der Waals surface area (Å²) in [5.74, 6) is 0.567. The molecule has 0 saturated carbocycles. The lowest BCUT2D eigenvalue weighted by Gasteiger charge is -2.18. The van der Waals surface area contributed by atoms with Crippen LogP contribution in [-0.2, 0) is 16.6 Å². The Bertz CT molecular complexity index is 1070. The van der Waals surface area contributed by atoms with Crippen LogP contribution >= 0.6 is 0 Å². The fraction of sp³-hybridized carbons (Fsp3) is 0.368. The smallest absolute Gasteiger partial charge is 0.246 e. The summed E-state index contributed by atoms with van der Waals surface area (Å²) in [5, 5.41) is 4.38. The van der Waals surface area contributed by atoms with E-state index < -0.39 is 10.0 Å². The topological polar surface area (TPSA) is 81.2 Å². The van der Waals surface area contributed by atoms with Gasteiger partial charge < -0.3 is 4.42 Å². The van der Waals surface area contributed by atoms with Crippen molar-refractivity contribution < 1.29 is 17.2 Å². The molecule has 3 aromatic rings. The Hall–Kier alpha value is -2.52. The van der Waals surface area contributed by atoms with Crippen molar-refractivity contribution in [2.24, 2.45) is 0 Å². The number of hydrogen-bond acceptors (Lipinski definition) is 5. The van der Waals surface area contributed by atoms with Gasteiger partial charge in [-0.25, -0.2) is 17.8 Å². The molecule has 0 unspecified atom stereocenters. The van der Waals surface area contributed by atoms with Crippen LogP contribution in [-0.4, -0.2) is 40.6 Å². The van der Waals surface area contributed by atoms with E-state index in [9.17, 15) is 12.8 Å². The normalized spacial score (nSPS) is 12.1. The van der Waals surface area contributed by atoms with Gasteiger partial charge in [0, 0.05) is 18.7 Å². The zero-order valence-electron chi connectivity index (χ0n) is 16.3. The van der Waals surface area contributed by atoms with Crippen LogP contribution in [0.15, 0.2) is 39.8 Å². The maximum absolute atomic E-state index is 13.1. The molecule has 0 radical (unpaired) electrons. The third-order valence-corrected chi connectivity index (χ3v) is 6.89. The maximum Gasteiger partial charge on any atom is 0.246 e. The first-order chi connectivity index (χ1) is 13.3. The van der Waals surface area contributed by atoms with Gasteiger partial charge in [0.15, 0.2) is 5.76 Å². The van der Waals surface area contributed by atoms with Crippen LogP contribution in [0.2, 0.25) is 0 Å². The Morgan fingerprint density at radius 3 is 2.39 bits per heavy atom. The molecule has 0 amide bonds. The van der Waals surface area contributed by atoms with Gasteiger partial charge in [-0.05, 0) is 38.1 Å². The summed E-state index contributed by atoms with van der Waals surface area (Å²) in [7, 11) is -3.61. The zero-order chi connectivity index (χ0) is 20.5. The van der Waals surface area contributed by atoms with E-state index in [1.54, 1.807) is 50.7 Å². The molecule has 0 N–H and O–H groups in total. The van der Waals surface area contributed by atoms with E-state index in [2.05, 4.69) is 10.1 Å². The first-order valence-corrected chi connectivity index (χ1v) is 10.5. The van der Waals surface area contributed by atoms with Crippen molar-refractivity contribution in [3.05, 3.63) is 53.6 Å². The first-order valence-electron chi connectivity index (χ1n) is 9.02. The molecule has 28 heavy (non-hydrogen) atoms. The highest BCUT2D eigenvalue weighted by Gasteiger charge is 2.29. The molecule has 0 bridgehead atoms. The number of halogens is 1. The summed E-state index contributed by atoms with van der Waals surface area (Å²) < 4.78 is 47.6. The molecule has 3 rings (SSSR count). The van der Waals surface area contributed by atoms with Crippen molar-refractivity contribution in [1.29, 1.82) is 0 Å². The third-order valence-electron chi connectivity index (χ3n) is 4.59. The SMILES string of the molecule is CCN(CC)S(=O)(=O)c1c(C)nn(Cc2ncc(-c3ccc(F)cc3)o2)c1C. The average molecular weight is 406 g/mol. The number of nitrogens with zero attached hydrogens (tertiary/aromatic N) is 4. The van der Waals surface area contributed by atoms with Gasteiger partial charge in [0.05, 0.1) is 17.6 Å². The summed E-state index contributed by atoms with van der Waals surface area (Å²) in [6, 6.07) is 5.92. The lowest BCUT2D eigenvalue weighted by Crippen LogP contribution is -2.31. The summed E-state index contributed by atoms with van der Waals surface area (Å²) in [4.78, 5) is 4.46. The fourth-order valence-corrected chi connectivity index (χ4v) is 4.99. The molecular weight excluding hydrogens is 383 g/mol. The largest absolute Gasteiger partial charge is 0.439 e. The Balaban J connectivity index is 1.90. The van der Waals surface area contributed by atoms with Gasteiger partial charge >= 0.3 is 0 Å². The van der Waals surface area contributed by atoms with Crippen LogP contribution < -0.4 is 0 Å². The van der Waals surface area contributed by atoms with Gasteiger partial charge in [0.2, 0.25) is 15.9 Å². The molecule has 0 fully saturated rings. The van der Waals surface area contributed by atoms with Crippen LogP contribution in [0, 0.1) is 19.7 Å². The van der Waals surface area contributed by atoms with E-state index in [1.807, 2.05) is 0 Å². The Labute approximate surface area is 163 Å². The van der Waals surface area contributed by atoms with Crippen molar-refractivity contribution >= 4 is 10.0 Å². The van der Waals surface area contributed by atoms with Gasteiger partial charge in [-0.3, -0.25) is 4.68 Å². The minimum absolute atomic E-state index is 0.196. The molecule has 0 aliphatic rings. The molecule has 2 heterocycles. The summed E-state index contributed by atoms with van der Waals surface area (Å²) >= 11 is 0. The van der Waals surface area contributed by atoms with E-state index in [1.165, 1.54) is 16.4 Å². The monoisotopic (exact) mass is 406 g/mol. The number of benzene rings is 1. The lowest BCUT2D eigenvalue weighted by atomic mass is 10.2. The number of rotatable bonds is 7. The average Bonchev–Trinajstić information content (AvgIpc) is 3.21. The summed E-state index contributed by atoms with van der Waals surface area (Å²) in [6.45, 7) is 7.99. The van der Waals surface area contributed by atoms with E-state index in [0.29, 0.717) is 41.7 Å². The third kappa shape index (κ3) is 3.72. The van der Waals surface area contributed by atoms with E-state index in [-0.39, 0.29) is 17.3 Å². The first kappa shape index (κ1) is 20.2. The second-order valence-electron chi connectivity index (χ2n) is 6.37. The molecule has 0 spiro atoms. The van der Waals surface area contributed by atoms with Crippen LogP contribution in [0.3, 0.4) is 0 Å². The quantitative estimate of drug-likeness (QED) is 0.601. The minimum atomic E-state index is -3.61. The van der Waals surface area contributed by atoms with Crippen molar-refractivity contribution in [2.75, 3.05) is 13.1 Å². The Kier molecular flexibility index (Phi) is 5.66. The molecule has 1 aromatic carbocycles. The molecule has 9 heteroatoms. The molecular formula is C19H23FN4O3S. The standard InChI is InChI=1S/C19H23FN4O3S/c1-5-23(6-2)28(25,26)19-13(3)22-24(14(19)4)12-18-21-11-17(27-18)15-7-9-16(20)10-8-15/h7-11H,5-6,12H2,1-4H3. The van der Waals surface area contributed by atoms with E-state index >= 15 is 0 Å². The van der Waals surface area contributed by atoms with E-state index in [4.69, 9.17) is 4.42 Å². The number of sulfonamides is 1. The molecule has 0 atom stereocenters. The molecule has 2 aromatic heterocycles. The van der Waals surface area contributed by atoms with E-state index in [0.717, 1.165) is 0 Å². The van der Waals surface area contributed by atoms with Crippen molar-refractivity contribution in [1.82, 2.24) is 19.1 Å². The molecule has 150 valence electrons. The summed E-state index contributed by atoms with van der Waals surface area (Å²) in [5.41, 5.74) is 1.68. The lowest BCUT2D eigenvalue weighted by molar-refractivity contribution is 0.443. The van der Waals surface area contributed by atoms with Crippen LogP contribution in [0.25, 0.3) is 11.3 Å².